The largest absolute Gasteiger partial charge is 0.494 e. The highest BCUT2D eigenvalue weighted by molar-refractivity contribution is 5.27. The third-order valence-electron chi connectivity index (χ3n) is 3.85. The van der Waals surface area contributed by atoms with Gasteiger partial charge in [0.1, 0.15) is 5.75 Å². The topological polar surface area (TPSA) is 51.2 Å². The number of hydrogen-bond acceptors (Lipinski definition) is 5. The fourth-order valence-corrected chi connectivity index (χ4v) is 2.76. The smallest absolute Gasteiger partial charge is 0.119 e. The molecular weight excluding hydrogens is 294 g/mol. The van der Waals surface area contributed by atoms with Crippen LogP contribution in [0.5, 0.6) is 5.75 Å². The maximum atomic E-state index is 10.1. The van der Waals surface area contributed by atoms with E-state index in [0.29, 0.717) is 26.4 Å². The van der Waals surface area contributed by atoms with Gasteiger partial charge in [0.05, 0.1) is 32.0 Å². The molecule has 1 aliphatic heterocycles. The summed E-state index contributed by atoms with van der Waals surface area (Å²) in [5.41, 5.74) is 1.20. The quantitative estimate of drug-likeness (QED) is 0.714. The molecule has 0 spiro atoms. The van der Waals surface area contributed by atoms with E-state index < -0.39 is 6.10 Å². The highest BCUT2D eigenvalue weighted by atomic mass is 16.5. The highest BCUT2D eigenvalue weighted by Crippen LogP contribution is 2.14. The number of rotatable bonds is 10. The van der Waals surface area contributed by atoms with E-state index >= 15 is 0 Å². The number of likely N-dealkylation sites (N-methyl/N-ethyl adjacent to an activating group) is 1. The number of benzene rings is 1. The average molecular weight is 323 g/mol. The van der Waals surface area contributed by atoms with Crippen LogP contribution in [-0.4, -0.2) is 62.2 Å². The summed E-state index contributed by atoms with van der Waals surface area (Å²) in [6.07, 6.45) is 1.91. The van der Waals surface area contributed by atoms with E-state index in [4.69, 9.17) is 14.2 Å². The highest BCUT2D eigenvalue weighted by Gasteiger charge is 2.16. The van der Waals surface area contributed by atoms with Gasteiger partial charge in [0.2, 0.25) is 0 Å². The van der Waals surface area contributed by atoms with Crippen molar-refractivity contribution in [2.75, 3.05) is 40.0 Å². The van der Waals surface area contributed by atoms with Gasteiger partial charge in [0.25, 0.3) is 0 Å². The van der Waals surface area contributed by atoms with E-state index in [-0.39, 0.29) is 6.10 Å². The maximum absolute atomic E-state index is 10.1. The Bertz CT molecular complexity index is 431. The summed E-state index contributed by atoms with van der Waals surface area (Å²) in [7, 11) is 2.00. The molecule has 0 bridgehead atoms. The summed E-state index contributed by atoms with van der Waals surface area (Å²) < 4.78 is 16.5. The van der Waals surface area contributed by atoms with Crippen molar-refractivity contribution in [3.05, 3.63) is 29.8 Å². The Labute approximate surface area is 139 Å². The van der Waals surface area contributed by atoms with Crippen molar-refractivity contribution in [1.82, 2.24) is 4.90 Å². The molecule has 0 radical (unpaired) electrons. The van der Waals surface area contributed by atoms with Gasteiger partial charge in [0.15, 0.2) is 0 Å². The van der Waals surface area contributed by atoms with Crippen LogP contribution >= 0.6 is 0 Å². The zero-order valence-corrected chi connectivity index (χ0v) is 14.2. The molecule has 1 aromatic carbocycles. The van der Waals surface area contributed by atoms with Crippen LogP contribution in [0.2, 0.25) is 0 Å². The molecule has 23 heavy (non-hydrogen) atoms. The van der Waals surface area contributed by atoms with Gasteiger partial charge in [-0.15, -0.1) is 0 Å². The molecule has 5 nitrogen and oxygen atoms in total. The van der Waals surface area contributed by atoms with Crippen molar-refractivity contribution in [2.24, 2.45) is 0 Å². The molecule has 0 unspecified atom stereocenters. The summed E-state index contributed by atoms with van der Waals surface area (Å²) >= 11 is 0. The van der Waals surface area contributed by atoms with Crippen molar-refractivity contribution in [3.8, 4) is 5.75 Å². The molecule has 1 aliphatic rings. The molecule has 2 atom stereocenters. The lowest BCUT2D eigenvalue weighted by molar-refractivity contribution is -0.0238. The number of ether oxygens (including phenoxy) is 3. The minimum absolute atomic E-state index is 0.212. The van der Waals surface area contributed by atoms with Crippen LogP contribution in [0, 0.1) is 0 Å². The van der Waals surface area contributed by atoms with Gasteiger partial charge in [-0.1, -0.05) is 12.1 Å². The van der Waals surface area contributed by atoms with Gasteiger partial charge in [-0.2, -0.15) is 0 Å². The first-order chi connectivity index (χ1) is 11.2. The normalized spacial score (nSPS) is 19.2. The number of aliphatic hydroxyl groups excluding tert-OH is 1. The van der Waals surface area contributed by atoms with Crippen LogP contribution in [0.15, 0.2) is 24.3 Å². The molecule has 1 saturated heterocycles. The van der Waals surface area contributed by atoms with Crippen molar-refractivity contribution in [1.29, 1.82) is 0 Å². The molecule has 5 heteroatoms. The summed E-state index contributed by atoms with van der Waals surface area (Å²) in [6.45, 7) is 5.80. The van der Waals surface area contributed by atoms with Gasteiger partial charge in [-0.3, -0.25) is 4.90 Å². The summed E-state index contributed by atoms with van der Waals surface area (Å²) in [5, 5.41) is 10.1. The molecule has 1 heterocycles. The lowest BCUT2D eigenvalue weighted by atomic mass is 10.2. The molecule has 0 aromatic heterocycles. The second kappa shape index (κ2) is 9.88. The van der Waals surface area contributed by atoms with Crippen molar-refractivity contribution in [3.63, 3.8) is 0 Å². The fourth-order valence-electron chi connectivity index (χ4n) is 2.76. The summed E-state index contributed by atoms with van der Waals surface area (Å²) in [6, 6.07) is 8.07. The van der Waals surface area contributed by atoms with Crippen molar-refractivity contribution >= 4 is 0 Å². The van der Waals surface area contributed by atoms with E-state index in [0.717, 1.165) is 31.7 Å². The molecule has 1 fully saturated rings. The third kappa shape index (κ3) is 6.87. The average Bonchev–Trinajstić information content (AvgIpc) is 3.03. The van der Waals surface area contributed by atoms with Gasteiger partial charge in [0, 0.05) is 19.7 Å². The van der Waals surface area contributed by atoms with Crippen LogP contribution in [0.1, 0.15) is 25.3 Å². The van der Waals surface area contributed by atoms with Crippen LogP contribution in [0.25, 0.3) is 0 Å². The van der Waals surface area contributed by atoms with E-state index in [1.54, 1.807) is 0 Å². The minimum Gasteiger partial charge on any atom is -0.494 e. The molecule has 1 aromatic rings. The molecule has 2 rings (SSSR count). The SMILES string of the molecule is CCOc1ccc(CN(C)C[C@H](O)COC[C@H]2CCCO2)cc1. The molecule has 130 valence electrons. The maximum Gasteiger partial charge on any atom is 0.119 e. The molecule has 0 saturated carbocycles. The Kier molecular flexibility index (Phi) is 7.82. The van der Waals surface area contributed by atoms with Gasteiger partial charge >= 0.3 is 0 Å². The van der Waals surface area contributed by atoms with E-state index in [9.17, 15) is 5.11 Å². The first-order valence-corrected chi connectivity index (χ1v) is 8.45. The van der Waals surface area contributed by atoms with Gasteiger partial charge < -0.3 is 19.3 Å². The molecular formula is C18H29NO4. The monoisotopic (exact) mass is 323 g/mol. The molecule has 1 N–H and O–H groups in total. The van der Waals surface area contributed by atoms with E-state index in [1.165, 1.54) is 5.56 Å². The van der Waals surface area contributed by atoms with E-state index in [2.05, 4.69) is 17.0 Å². The minimum atomic E-state index is -0.482. The van der Waals surface area contributed by atoms with Gasteiger partial charge in [-0.05, 0) is 44.5 Å². The Morgan fingerprint density at radius 1 is 1.35 bits per heavy atom. The zero-order chi connectivity index (χ0) is 16.5. The van der Waals surface area contributed by atoms with Crippen molar-refractivity contribution < 1.29 is 19.3 Å². The first-order valence-electron chi connectivity index (χ1n) is 8.45. The Morgan fingerprint density at radius 3 is 2.78 bits per heavy atom. The third-order valence-corrected chi connectivity index (χ3v) is 3.85. The number of hydrogen-bond donors (Lipinski definition) is 1. The van der Waals surface area contributed by atoms with E-state index in [1.807, 2.05) is 26.1 Å². The van der Waals surface area contributed by atoms with Gasteiger partial charge in [-0.25, -0.2) is 0 Å². The second-order valence-electron chi connectivity index (χ2n) is 6.10. The standard InChI is InChI=1S/C18H29NO4/c1-3-22-17-8-6-15(7-9-17)11-19(2)12-16(20)13-21-14-18-5-4-10-23-18/h6-9,16,18,20H,3-5,10-14H2,1-2H3/t16-,18+/m0/s1. The fraction of sp³-hybridized carbons (Fsp3) is 0.667. The van der Waals surface area contributed by atoms with Crippen LogP contribution in [0.4, 0.5) is 0 Å². The lowest BCUT2D eigenvalue weighted by Crippen LogP contribution is -2.32. The Hall–Kier alpha value is -1.14. The lowest BCUT2D eigenvalue weighted by Gasteiger charge is -2.21. The predicted molar refractivity (Wildman–Crippen MR) is 89.7 cm³/mol. The van der Waals surface area contributed by atoms with Crippen molar-refractivity contribution in [2.45, 2.75) is 38.5 Å². The predicted octanol–water partition coefficient (Wildman–Crippen LogP) is 2.07. The number of aliphatic hydroxyl groups is 1. The second-order valence-corrected chi connectivity index (χ2v) is 6.10. The Balaban J connectivity index is 1.63. The Morgan fingerprint density at radius 2 is 2.13 bits per heavy atom. The molecule has 0 amide bonds. The zero-order valence-electron chi connectivity index (χ0n) is 14.2. The van der Waals surface area contributed by atoms with Crippen LogP contribution < -0.4 is 4.74 Å². The molecule has 0 aliphatic carbocycles. The van der Waals surface area contributed by atoms with Crippen LogP contribution in [0.3, 0.4) is 0 Å². The summed E-state index contributed by atoms with van der Waals surface area (Å²) in [5.74, 6) is 0.890. The van der Waals surface area contributed by atoms with Crippen LogP contribution in [-0.2, 0) is 16.0 Å². The number of nitrogens with zero attached hydrogens (tertiary/aromatic N) is 1. The summed E-state index contributed by atoms with van der Waals surface area (Å²) in [4.78, 5) is 2.09. The first kappa shape index (κ1) is 18.2.